The normalized spacial score (nSPS) is 17.2. The van der Waals surface area contributed by atoms with E-state index in [2.05, 4.69) is 20.6 Å². The average Bonchev–Trinajstić information content (AvgIpc) is 3.00. The van der Waals surface area contributed by atoms with Crippen LogP contribution in [0.15, 0.2) is 12.4 Å². The molecule has 0 amide bonds. The van der Waals surface area contributed by atoms with Gasteiger partial charge in [0.1, 0.15) is 18.0 Å². The topological polar surface area (TPSA) is 70.1 Å². The van der Waals surface area contributed by atoms with Crippen molar-refractivity contribution in [3.05, 3.63) is 12.4 Å². The van der Waals surface area contributed by atoms with E-state index in [1.807, 2.05) is 13.0 Å². The van der Waals surface area contributed by atoms with Gasteiger partial charge < -0.3 is 15.7 Å². The zero-order chi connectivity index (χ0) is 10.7. The maximum Gasteiger partial charge on any atom is 0.131 e. The Hall–Kier alpha value is -1.36. The minimum Gasteiger partial charge on any atom is -0.394 e. The van der Waals surface area contributed by atoms with Crippen LogP contribution in [0.2, 0.25) is 0 Å². The minimum absolute atomic E-state index is 0.127. The van der Waals surface area contributed by atoms with Gasteiger partial charge in [-0.2, -0.15) is 0 Å². The van der Waals surface area contributed by atoms with Gasteiger partial charge in [0.2, 0.25) is 0 Å². The zero-order valence-electron chi connectivity index (χ0n) is 8.82. The third kappa shape index (κ3) is 2.36. The van der Waals surface area contributed by atoms with Gasteiger partial charge in [0, 0.05) is 12.6 Å². The van der Waals surface area contributed by atoms with Crippen LogP contribution >= 0.6 is 0 Å². The lowest BCUT2D eigenvalue weighted by molar-refractivity contribution is 0.266. The van der Waals surface area contributed by atoms with Crippen LogP contribution in [-0.2, 0) is 0 Å². The lowest BCUT2D eigenvalue weighted by Crippen LogP contribution is -2.26. The minimum atomic E-state index is -0.127. The summed E-state index contributed by atoms with van der Waals surface area (Å²) in [5.41, 5.74) is -0.127. The first-order valence-electron chi connectivity index (χ1n) is 5.23. The first-order chi connectivity index (χ1) is 7.28. The van der Waals surface area contributed by atoms with E-state index in [1.54, 1.807) is 0 Å². The highest BCUT2D eigenvalue weighted by atomic mass is 16.3. The summed E-state index contributed by atoms with van der Waals surface area (Å²) in [6.07, 6.45) is 3.53. The largest absolute Gasteiger partial charge is 0.394 e. The second-order valence-electron chi connectivity index (χ2n) is 3.88. The van der Waals surface area contributed by atoms with Crippen molar-refractivity contribution in [2.24, 2.45) is 0 Å². The van der Waals surface area contributed by atoms with Crippen molar-refractivity contribution in [3.8, 4) is 0 Å². The van der Waals surface area contributed by atoms with Crippen LogP contribution in [0.3, 0.4) is 0 Å². The molecule has 5 heteroatoms. The number of rotatable bonds is 5. The number of hydrogen-bond donors (Lipinski definition) is 3. The highest BCUT2D eigenvalue weighted by molar-refractivity contribution is 5.49. The molecule has 0 unspecified atom stereocenters. The summed E-state index contributed by atoms with van der Waals surface area (Å²) in [4.78, 5) is 8.20. The summed E-state index contributed by atoms with van der Waals surface area (Å²) in [6, 6.07) is 1.86. The Morgan fingerprint density at radius 1 is 1.40 bits per heavy atom. The number of hydrogen-bond acceptors (Lipinski definition) is 5. The van der Waals surface area contributed by atoms with Gasteiger partial charge in [0.15, 0.2) is 0 Å². The molecule has 0 spiro atoms. The molecule has 2 rings (SSSR count). The molecule has 5 nitrogen and oxygen atoms in total. The molecule has 0 aromatic carbocycles. The van der Waals surface area contributed by atoms with Crippen LogP contribution < -0.4 is 10.6 Å². The first kappa shape index (κ1) is 10.2. The second kappa shape index (κ2) is 4.02. The fraction of sp³-hybridized carbons (Fsp3) is 0.600. The molecule has 0 radical (unpaired) electrons. The van der Waals surface area contributed by atoms with Crippen LogP contribution in [-0.4, -0.2) is 33.8 Å². The molecule has 0 bridgehead atoms. The molecule has 1 aliphatic rings. The van der Waals surface area contributed by atoms with E-state index in [0.29, 0.717) is 0 Å². The molecule has 1 aromatic rings. The lowest BCUT2D eigenvalue weighted by Gasteiger charge is -2.15. The van der Waals surface area contributed by atoms with Crippen molar-refractivity contribution in [2.45, 2.75) is 25.3 Å². The fourth-order valence-corrected chi connectivity index (χ4v) is 1.45. The molecular weight excluding hydrogens is 192 g/mol. The first-order valence-corrected chi connectivity index (χ1v) is 5.23. The predicted octanol–water partition coefficient (Wildman–Crippen LogP) is 0.845. The maximum absolute atomic E-state index is 9.17. The second-order valence-corrected chi connectivity index (χ2v) is 3.88. The Bertz CT molecular complexity index is 338. The molecule has 0 atom stereocenters. The average molecular weight is 208 g/mol. The molecule has 1 fully saturated rings. The Labute approximate surface area is 88.9 Å². The number of nitrogens with zero attached hydrogens (tertiary/aromatic N) is 2. The standard InChI is InChI=1S/C10H16N4O/c1-2-11-8-5-9(13-7-12-8)14-10(6-15)3-4-10/h5,7,15H,2-4,6H2,1H3,(H2,11,12,13,14). The van der Waals surface area contributed by atoms with E-state index in [1.165, 1.54) is 6.33 Å². The summed E-state index contributed by atoms with van der Waals surface area (Å²) in [5, 5.41) is 15.5. The van der Waals surface area contributed by atoms with Gasteiger partial charge in [0.25, 0.3) is 0 Å². The van der Waals surface area contributed by atoms with Crippen molar-refractivity contribution >= 4 is 11.6 Å². The fourth-order valence-electron chi connectivity index (χ4n) is 1.45. The van der Waals surface area contributed by atoms with E-state index < -0.39 is 0 Å². The predicted molar refractivity (Wildman–Crippen MR) is 58.9 cm³/mol. The van der Waals surface area contributed by atoms with Crippen LogP contribution in [0.25, 0.3) is 0 Å². The molecule has 1 heterocycles. The summed E-state index contributed by atoms with van der Waals surface area (Å²) >= 11 is 0. The van der Waals surface area contributed by atoms with Gasteiger partial charge in [-0.15, -0.1) is 0 Å². The Morgan fingerprint density at radius 3 is 2.73 bits per heavy atom. The number of anilines is 2. The van der Waals surface area contributed by atoms with Gasteiger partial charge in [0.05, 0.1) is 12.1 Å². The molecule has 0 saturated heterocycles. The summed E-state index contributed by atoms with van der Waals surface area (Å²) in [7, 11) is 0. The smallest absolute Gasteiger partial charge is 0.131 e. The van der Waals surface area contributed by atoms with E-state index in [0.717, 1.165) is 31.0 Å². The number of aromatic nitrogens is 2. The van der Waals surface area contributed by atoms with E-state index >= 15 is 0 Å². The van der Waals surface area contributed by atoms with E-state index in [4.69, 9.17) is 5.11 Å². The monoisotopic (exact) mass is 208 g/mol. The van der Waals surface area contributed by atoms with E-state index in [-0.39, 0.29) is 12.1 Å². The Balaban J connectivity index is 2.05. The van der Waals surface area contributed by atoms with Crippen molar-refractivity contribution in [1.82, 2.24) is 9.97 Å². The van der Waals surface area contributed by atoms with Crippen molar-refractivity contribution < 1.29 is 5.11 Å². The number of aliphatic hydroxyl groups excluding tert-OH is 1. The zero-order valence-corrected chi connectivity index (χ0v) is 8.82. The number of nitrogens with one attached hydrogen (secondary N) is 2. The highest BCUT2D eigenvalue weighted by Gasteiger charge is 2.42. The van der Waals surface area contributed by atoms with Gasteiger partial charge in [-0.1, -0.05) is 0 Å². The summed E-state index contributed by atoms with van der Waals surface area (Å²) in [6.45, 7) is 3.01. The van der Waals surface area contributed by atoms with Crippen LogP contribution in [0.5, 0.6) is 0 Å². The van der Waals surface area contributed by atoms with Crippen molar-refractivity contribution in [1.29, 1.82) is 0 Å². The highest BCUT2D eigenvalue weighted by Crippen LogP contribution is 2.37. The Morgan fingerprint density at radius 2 is 2.13 bits per heavy atom. The van der Waals surface area contributed by atoms with Crippen LogP contribution in [0.4, 0.5) is 11.6 Å². The number of aliphatic hydroxyl groups is 1. The Kier molecular flexibility index (Phi) is 2.73. The van der Waals surface area contributed by atoms with Gasteiger partial charge in [-0.25, -0.2) is 9.97 Å². The quantitative estimate of drug-likeness (QED) is 0.669. The van der Waals surface area contributed by atoms with Gasteiger partial charge in [-0.3, -0.25) is 0 Å². The molecule has 1 aliphatic carbocycles. The SMILES string of the molecule is CCNc1cc(NC2(CO)CC2)ncn1. The molecule has 1 saturated carbocycles. The third-order valence-corrected chi connectivity index (χ3v) is 2.57. The van der Waals surface area contributed by atoms with Gasteiger partial charge in [-0.05, 0) is 19.8 Å². The van der Waals surface area contributed by atoms with Crippen LogP contribution in [0.1, 0.15) is 19.8 Å². The van der Waals surface area contributed by atoms with Gasteiger partial charge >= 0.3 is 0 Å². The molecule has 82 valence electrons. The van der Waals surface area contributed by atoms with Crippen molar-refractivity contribution in [3.63, 3.8) is 0 Å². The lowest BCUT2D eigenvalue weighted by atomic mass is 10.3. The molecular formula is C10H16N4O. The summed E-state index contributed by atoms with van der Waals surface area (Å²) < 4.78 is 0. The molecule has 1 aromatic heterocycles. The summed E-state index contributed by atoms with van der Waals surface area (Å²) in [5.74, 6) is 1.58. The van der Waals surface area contributed by atoms with Crippen molar-refractivity contribution in [2.75, 3.05) is 23.8 Å². The van der Waals surface area contributed by atoms with Crippen LogP contribution in [0, 0.1) is 0 Å². The maximum atomic E-state index is 9.17. The third-order valence-electron chi connectivity index (χ3n) is 2.57. The molecule has 3 N–H and O–H groups in total. The molecule has 15 heavy (non-hydrogen) atoms. The molecule has 0 aliphatic heterocycles. The van der Waals surface area contributed by atoms with E-state index in [9.17, 15) is 0 Å².